The second kappa shape index (κ2) is 27.9. The number of pyridine rings is 4. The third-order valence-electron chi connectivity index (χ3n) is 11.9. The van der Waals surface area contributed by atoms with E-state index >= 15 is 0 Å². The molecule has 0 aliphatic heterocycles. The molecule has 430 valence electrons. The molecular formula is C62H39F9Ir4N8-4. The van der Waals surface area contributed by atoms with Gasteiger partial charge in [-0.05, 0) is 91.0 Å². The molecule has 83 heavy (non-hydrogen) atoms. The summed E-state index contributed by atoms with van der Waals surface area (Å²) >= 11 is 0. The molecule has 8 heterocycles. The SMILES string of the molecule is Cc1cc2cc(-c3[c-]cc(C(F)(F)F)c(-c4ccccc4)c3)nn2cc1C.Cc1ccn2nc(-c3[c-]cc(F)cc3F)cc2c1.Fc1c[c-]c(-c2cc3ccccn3n2)c(F)c1.[2H]c1[c-]c(-c2nn3c([2H])c([2H])c([2H])c([2H])c3c2[2H])c(F)c([2H])c1F.[Ir].[Ir].[Ir].[Ir]. The number of rotatable bonds is 5. The molecule has 0 atom stereocenters. The van der Waals surface area contributed by atoms with E-state index < -0.39 is 100 Å². The van der Waals surface area contributed by atoms with Crippen molar-refractivity contribution in [3.05, 3.63) is 264 Å². The summed E-state index contributed by atoms with van der Waals surface area (Å²) < 4.78 is 180. The van der Waals surface area contributed by atoms with Crippen LogP contribution in [0, 0.1) is 79.9 Å². The molecule has 0 spiro atoms. The molecule has 0 N–H and O–H groups in total. The van der Waals surface area contributed by atoms with Gasteiger partial charge in [-0.3, -0.25) is 44.4 Å². The van der Waals surface area contributed by atoms with Crippen LogP contribution in [0.1, 0.15) is 31.8 Å². The third kappa shape index (κ3) is 15.2. The summed E-state index contributed by atoms with van der Waals surface area (Å²) in [6, 6.07) is 37.4. The molecule has 0 aliphatic carbocycles. The van der Waals surface area contributed by atoms with Crippen molar-refractivity contribution in [1.29, 1.82) is 0 Å². The zero-order chi connectivity index (χ0) is 61.6. The van der Waals surface area contributed by atoms with Gasteiger partial charge in [0.15, 0.2) is 0 Å². The van der Waals surface area contributed by atoms with Crippen LogP contribution in [0.2, 0.25) is 0 Å². The monoisotopic (exact) mass is 1850 g/mol. The Morgan fingerprint density at radius 3 is 1.72 bits per heavy atom. The Labute approximate surface area is 533 Å². The predicted octanol–water partition coefficient (Wildman–Crippen LogP) is 15.6. The number of fused-ring (bicyclic) bond motifs is 4. The van der Waals surface area contributed by atoms with Gasteiger partial charge < -0.3 is 0 Å². The van der Waals surface area contributed by atoms with Gasteiger partial charge in [0, 0.05) is 166 Å². The summed E-state index contributed by atoms with van der Waals surface area (Å²) in [5.74, 6) is -5.39. The van der Waals surface area contributed by atoms with Crippen molar-refractivity contribution in [3.63, 3.8) is 0 Å². The molecule has 0 aliphatic rings. The van der Waals surface area contributed by atoms with Crippen LogP contribution in [0.3, 0.4) is 0 Å². The zero-order valence-electron chi connectivity index (χ0n) is 49.6. The van der Waals surface area contributed by atoms with Gasteiger partial charge >= 0.3 is 6.18 Å². The number of aryl methyl sites for hydroxylation is 3. The van der Waals surface area contributed by atoms with Crippen molar-refractivity contribution in [2.75, 3.05) is 0 Å². The Bertz CT molecular complexity index is 4710. The summed E-state index contributed by atoms with van der Waals surface area (Å²) in [4.78, 5) is 0. The minimum atomic E-state index is -4.45. The van der Waals surface area contributed by atoms with Crippen molar-refractivity contribution < 1.29 is 130 Å². The minimum absolute atomic E-state index is 0. The molecule has 0 bridgehead atoms. The Hall–Kier alpha value is -7.17. The third-order valence-corrected chi connectivity index (χ3v) is 11.9. The van der Waals surface area contributed by atoms with E-state index in [1.165, 1.54) is 6.07 Å². The van der Waals surface area contributed by atoms with Gasteiger partial charge in [0.25, 0.3) is 0 Å². The topological polar surface area (TPSA) is 69.2 Å². The van der Waals surface area contributed by atoms with Crippen molar-refractivity contribution in [1.82, 2.24) is 38.5 Å². The number of halogens is 9. The standard InChI is InChI=1S/C22H16F3N2.C14H9F2N2.2C13H7F2N2.4Ir/c1-14-10-18-12-21(26-27(18)13-15(14)2)17-8-9-20(22(23,24)25)19(11-17)16-6-4-3-5-7-16;1-9-4-5-18-11(6-9)8-14(17-18)12-3-2-10(15)7-13(12)16;2*14-9-4-5-11(12(15)7-9)13-8-10-3-1-2-6-17(10)16-13;;;;/h3-7,9-13H,1-2H3;2,4-8H,1H3;2*1-4,6-8H;;;;/q4*-1;;;;/i;;1D,2D,3D,4D,6D,7D,8D;;;;;. The summed E-state index contributed by atoms with van der Waals surface area (Å²) in [6.45, 7) is 5.98. The van der Waals surface area contributed by atoms with E-state index in [-0.39, 0.29) is 103 Å². The van der Waals surface area contributed by atoms with Crippen LogP contribution in [0.25, 0.3) is 78.2 Å². The first kappa shape index (κ1) is 55.0. The molecule has 0 fully saturated rings. The molecule has 0 saturated carbocycles. The van der Waals surface area contributed by atoms with Crippen molar-refractivity contribution in [2.24, 2.45) is 0 Å². The summed E-state index contributed by atoms with van der Waals surface area (Å²) in [5.41, 5.74) is 6.84. The maximum atomic E-state index is 14.2. The molecule has 0 saturated heterocycles. The van der Waals surface area contributed by atoms with Crippen molar-refractivity contribution in [2.45, 2.75) is 26.9 Å². The molecule has 0 unspecified atom stereocenters. The van der Waals surface area contributed by atoms with Crippen molar-refractivity contribution in [3.8, 4) is 56.2 Å². The maximum Gasteiger partial charge on any atom is 0.382 e. The van der Waals surface area contributed by atoms with Gasteiger partial charge in [0.2, 0.25) is 0 Å². The normalized spacial score (nSPS) is 11.9. The number of nitrogens with zero attached hydrogens (tertiary/aromatic N) is 8. The van der Waals surface area contributed by atoms with Gasteiger partial charge in [-0.25, -0.2) is 20.4 Å². The van der Waals surface area contributed by atoms with E-state index in [1.54, 1.807) is 68.4 Å². The van der Waals surface area contributed by atoms with E-state index in [4.69, 9.17) is 9.60 Å². The van der Waals surface area contributed by atoms with Crippen molar-refractivity contribution >= 4 is 22.1 Å². The largest absolute Gasteiger partial charge is 0.382 e. The molecule has 0 amide bonds. The summed E-state index contributed by atoms with van der Waals surface area (Å²) in [5, 5.41) is 16.7. The first-order chi connectivity index (χ1) is 40.9. The smallest absolute Gasteiger partial charge is 0.265 e. The van der Waals surface area contributed by atoms with E-state index in [0.29, 0.717) is 28.2 Å². The molecular weight excluding hydrogens is 1800 g/mol. The molecule has 13 aromatic rings. The summed E-state index contributed by atoms with van der Waals surface area (Å²) in [6.07, 6.45) is 0.449. The number of benzene rings is 5. The Morgan fingerprint density at radius 2 is 1.07 bits per heavy atom. The van der Waals surface area contributed by atoms with Crippen LogP contribution in [-0.4, -0.2) is 38.5 Å². The Kier molecular flexibility index (Phi) is 18.5. The molecule has 8 nitrogen and oxygen atoms in total. The second-order valence-electron chi connectivity index (χ2n) is 17.5. The van der Waals surface area contributed by atoms with Gasteiger partial charge in [-0.2, -0.15) is 13.2 Å². The average Bonchev–Trinajstić information content (AvgIpc) is 1.64. The number of hydrogen-bond acceptors (Lipinski definition) is 4. The average molecular weight is 1840 g/mol. The zero-order valence-corrected chi connectivity index (χ0v) is 52.2. The predicted molar refractivity (Wildman–Crippen MR) is 282 cm³/mol. The first-order valence-electron chi connectivity index (χ1n) is 27.0. The van der Waals surface area contributed by atoms with Gasteiger partial charge in [-0.15, -0.1) is 60.1 Å². The van der Waals surface area contributed by atoms with Gasteiger partial charge in [0.1, 0.15) is 0 Å². The minimum Gasteiger partial charge on any atom is -0.265 e. The van der Waals surface area contributed by atoms with Crippen LogP contribution < -0.4 is 0 Å². The van der Waals surface area contributed by atoms with Crippen LogP contribution in [-0.2, 0) is 86.6 Å². The number of hydrogen-bond donors (Lipinski definition) is 0. The molecule has 4 radical (unpaired) electrons. The first-order valence-corrected chi connectivity index (χ1v) is 23.5. The Morgan fingerprint density at radius 1 is 0.482 bits per heavy atom. The number of aromatic nitrogens is 8. The van der Waals surface area contributed by atoms with Crippen LogP contribution in [0.15, 0.2) is 182 Å². The van der Waals surface area contributed by atoms with Crippen LogP contribution in [0.5, 0.6) is 0 Å². The summed E-state index contributed by atoms with van der Waals surface area (Å²) in [7, 11) is 0. The van der Waals surface area contributed by atoms with E-state index in [9.17, 15) is 39.5 Å². The fourth-order valence-electron chi connectivity index (χ4n) is 7.99. The maximum absolute atomic E-state index is 14.2. The Balaban J connectivity index is 0.000000191. The fraction of sp³-hybridized carbons (Fsp3) is 0.0645. The quantitative estimate of drug-likeness (QED) is 0.127. The fourth-order valence-corrected chi connectivity index (χ4v) is 7.99. The van der Waals surface area contributed by atoms with Crippen LogP contribution >= 0.6 is 0 Å². The molecule has 21 heteroatoms. The van der Waals surface area contributed by atoms with Gasteiger partial charge in [-0.1, -0.05) is 107 Å². The molecule has 8 aromatic heterocycles. The molecule has 13 rings (SSSR count). The van der Waals surface area contributed by atoms with E-state index in [1.807, 2.05) is 69.4 Å². The van der Waals surface area contributed by atoms with E-state index in [2.05, 4.69) is 44.7 Å². The second-order valence-corrected chi connectivity index (χ2v) is 17.5. The molecule has 5 aromatic carbocycles. The number of alkyl halides is 3. The van der Waals surface area contributed by atoms with E-state index in [0.717, 1.165) is 68.1 Å². The van der Waals surface area contributed by atoms with Gasteiger partial charge in [0.05, 0.1) is 28.9 Å². The van der Waals surface area contributed by atoms with Crippen LogP contribution in [0.4, 0.5) is 39.5 Å².